The molecule has 1 atom stereocenters. The van der Waals surface area contributed by atoms with E-state index in [1.54, 1.807) is 0 Å². The van der Waals surface area contributed by atoms with Gasteiger partial charge in [-0.25, -0.2) is 0 Å². The summed E-state index contributed by atoms with van der Waals surface area (Å²) in [5.74, 6) is -1.13. The monoisotopic (exact) mass is 913 g/mol. The first-order chi connectivity index (χ1) is 32.5. The second-order valence-electron chi connectivity index (χ2n) is 17.1. The zero-order valence-electron chi connectivity index (χ0n) is 42.4. The molecule has 0 aromatic heterocycles. The van der Waals surface area contributed by atoms with Crippen LogP contribution in [0.3, 0.4) is 0 Å². The third-order valence-electron chi connectivity index (χ3n) is 10.7. The van der Waals surface area contributed by atoms with Crippen molar-refractivity contribution in [3.8, 4) is 0 Å². The van der Waals surface area contributed by atoms with Crippen molar-refractivity contribution in [1.82, 2.24) is 0 Å². The van der Waals surface area contributed by atoms with Gasteiger partial charge in [-0.1, -0.05) is 219 Å². The Morgan fingerprint density at radius 1 is 0.333 bits per heavy atom. The summed E-state index contributed by atoms with van der Waals surface area (Å²) in [6.07, 6.45) is 73.5. The van der Waals surface area contributed by atoms with Crippen molar-refractivity contribution in [3.63, 3.8) is 0 Å². The van der Waals surface area contributed by atoms with Gasteiger partial charge in [-0.3, -0.25) is 14.4 Å². The summed E-state index contributed by atoms with van der Waals surface area (Å²) in [4.78, 5) is 37.9. The Morgan fingerprint density at radius 3 is 1.08 bits per heavy atom. The maximum Gasteiger partial charge on any atom is 0.306 e. The quantitative estimate of drug-likeness (QED) is 0.0199. The van der Waals surface area contributed by atoms with Crippen molar-refractivity contribution in [2.75, 3.05) is 13.2 Å². The minimum atomic E-state index is -0.848. The van der Waals surface area contributed by atoms with Crippen molar-refractivity contribution in [2.24, 2.45) is 0 Å². The molecule has 0 amide bonds. The molecule has 372 valence electrons. The minimum Gasteiger partial charge on any atom is -0.462 e. The first-order valence-electron chi connectivity index (χ1n) is 26.6. The maximum atomic E-state index is 12.8. The fourth-order valence-electron chi connectivity index (χ4n) is 6.75. The van der Waals surface area contributed by atoms with Crippen LogP contribution < -0.4 is 0 Å². The third-order valence-corrected chi connectivity index (χ3v) is 10.7. The van der Waals surface area contributed by atoms with Crippen LogP contribution in [0.5, 0.6) is 0 Å². The number of hydrogen-bond acceptors (Lipinski definition) is 6. The average molecular weight is 913 g/mol. The molecule has 1 unspecified atom stereocenters. The molecule has 6 heteroatoms. The number of carbonyl (C=O) groups excluding carboxylic acids is 3. The number of allylic oxidation sites excluding steroid dienone is 20. The first-order valence-corrected chi connectivity index (χ1v) is 26.6. The lowest BCUT2D eigenvalue weighted by molar-refractivity contribution is -0.166. The lowest BCUT2D eigenvalue weighted by Crippen LogP contribution is -2.30. The Kier molecular flexibility index (Phi) is 50.0. The van der Waals surface area contributed by atoms with Crippen LogP contribution >= 0.6 is 0 Å². The molecule has 6 nitrogen and oxygen atoms in total. The van der Waals surface area contributed by atoms with E-state index in [0.717, 1.165) is 77.0 Å². The summed E-state index contributed by atoms with van der Waals surface area (Å²) in [7, 11) is 0. The van der Waals surface area contributed by atoms with Gasteiger partial charge in [0, 0.05) is 19.3 Å². The van der Waals surface area contributed by atoms with E-state index >= 15 is 0 Å². The van der Waals surface area contributed by atoms with E-state index in [9.17, 15) is 14.4 Å². The largest absolute Gasteiger partial charge is 0.462 e. The molecule has 0 aliphatic carbocycles. The molecule has 0 rings (SSSR count). The molecule has 66 heavy (non-hydrogen) atoms. The molecule has 0 aromatic carbocycles. The molecule has 0 saturated heterocycles. The molecule has 0 heterocycles. The molecule has 0 spiro atoms. The highest BCUT2D eigenvalue weighted by Crippen LogP contribution is 2.11. The Balaban J connectivity index is 4.62. The van der Waals surface area contributed by atoms with Crippen LogP contribution in [0.25, 0.3) is 0 Å². The van der Waals surface area contributed by atoms with E-state index in [1.165, 1.54) is 83.5 Å². The highest BCUT2D eigenvalue weighted by molar-refractivity contribution is 5.71. The van der Waals surface area contributed by atoms with Crippen LogP contribution in [-0.2, 0) is 28.6 Å². The second-order valence-corrected chi connectivity index (χ2v) is 17.1. The minimum absolute atomic E-state index is 0.146. The Labute approximate surface area is 405 Å². The van der Waals surface area contributed by atoms with Crippen LogP contribution in [0, 0.1) is 0 Å². The molecular formula is C60H96O6. The number of esters is 3. The van der Waals surface area contributed by atoms with Crippen LogP contribution in [0.15, 0.2) is 122 Å². The van der Waals surface area contributed by atoms with E-state index in [-0.39, 0.29) is 50.4 Å². The van der Waals surface area contributed by atoms with Gasteiger partial charge in [-0.05, 0) is 103 Å². The summed E-state index contributed by atoms with van der Waals surface area (Å²) in [5, 5.41) is 0. The summed E-state index contributed by atoms with van der Waals surface area (Å²) in [5.41, 5.74) is 0. The van der Waals surface area contributed by atoms with E-state index < -0.39 is 6.10 Å². The lowest BCUT2D eigenvalue weighted by Gasteiger charge is -2.18. The fourth-order valence-corrected chi connectivity index (χ4v) is 6.75. The van der Waals surface area contributed by atoms with E-state index in [2.05, 4.69) is 124 Å². The SMILES string of the molecule is CC/C=C/C/C=C/C/C=C/C/C=C/C/C=C/C/C=C/CCC(=O)OCC(COC(=O)CC/C=C/C/C=C/CCCCCCCC)OC(=O)CCCCC/C=C/C=C/CCCCCCCCC. The molecule has 0 aromatic rings. The average Bonchev–Trinajstić information content (AvgIpc) is 3.31. The normalized spacial score (nSPS) is 13.1. The van der Waals surface area contributed by atoms with Gasteiger partial charge in [0.2, 0.25) is 0 Å². The van der Waals surface area contributed by atoms with Crippen LogP contribution in [0.2, 0.25) is 0 Å². The van der Waals surface area contributed by atoms with Crippen molar-refractivity contribution in [3.05, 3.63) is 122 Å². The van der Waals surface area contributed by atoms with Crippen molar-refractivity contribution >= 4 is 17.9 Å². The van der Waals surface area contributed by atoms with Crippen LogP contribution in [0.1, 0.15) is 220 Å². The highest BCUT2D eigenvalue weighted by atomic mass is 16.6. The lowest BCUT2D eigenvalue weighted by atomic mass is 10.1. The van der Waals surface area contributed by atoms with Crippen LogP contribution in [0.4, 0.5) is 0 Å². The van der Waals surface area contributed by atoms with E-state index in [1.807, 2.05) is 18.2 Å². The first kappa shape index (κ1) is 61.8. The number of rotatable bonds is 46. The molecule has 0 radical (unpaired) electrons. The van der Waals surface area contributed by atoms with Gasteiger partial charge in [-0.15, -0.1) is 0 Å². The topological polar surface area (TPSA) is 78.9 Å². The molecule has 0 fully saturated rings. The molecular weight excluding hydrogens is 817 g/mol. The van der Waals surface area contributed by atoms with Crippen molar-refractivity contribution < 1.29 is 28.6 Å². The second kappa shape index (κ2) is 53.4. The van der Waals surface area contributed by atoms with E-state index in [0.29, 0.717) is 19.3 Å². The molecule has 0 aliphatic rings. The number of carbonyl (C=O) groups is 3. The summed E-state index contributed by atoms with van der Waals surface area (Å²) >= 11 is 0. The third kappa shape index (κ3) is 50.8. The van der Waals surface area contributed by atoms with E-state index in [4.69, 9.17) is 14.2 Å². The highest BCUT2D eigenvalue weighted by Gasteiger charge is 2.19. The smallest absolute Gasteiger partial charge is 0.306 e. The van der Waals surface area contributed by atoms with Crippen LogP contribution in [-0.4, -0.2) is 37.2 Å². The van der Waals surface area contributed by atoms with Gasteiger partial charge in [0.25, 0.3) is 0 Å². The summed E-state index contributed by atoms with van der Waals surface area (Å²) < 4.78 is 16.6. The Hall–Kier alpha value is -4.19. The summed E-state index contributed by atoms with van der Waals surface area (Å²) in [6, 6.07) is 0. The van der Waals surface area contributed by atoms with Gasteiger partial charge >= 0.3 is 17.9 Å². The molecule has 0 aliphatic heterocycles. The zero-order valence-corrected chi connectivity index (χ0v) is 42.4. The zero-order chi connectivity index (χ0) is 47.9. The fraction of sp³-hybridized carbons (Fsp3) is 0.617. The predicted octanol–water partition coefficient (Wildman–Crippen LogP) is 17.7. The Morgan fingerprint density at radius 2 is 0.667 bits per heavy atom. The molecule has 0 bridgehead atoms. The van der Waals surface area contributed by atoms with Gasteiger partial charge in [0.05, 0.1) is 0 Å². The predicted molar refractivity (Wildman–Crippen MR) is 283 cm³/mol. The van der Waals surface area contributed by atoms with Gasteiger partial charge in [0.1, 0.15) is 13.2 Å². The number of unbranched alkanes of at least 4 members (excludes halogenated alkanes) is 16. The van der Waals surface area contributed by atoms with Gasteiger partial charge in [0.15, 0.2) is 6.10 Å². The van der Waals surface area contributed by atoms with Crippen molar-refractivity contribution in [2.45, 2.75) is 226 Å². The number of ether oxygens (including phenoxy) is 3. The number of hydrogen-bond donors (Lipinski definition) is 0. The molecule has 0 N–H and O–H groups in total. The Bertz CT molecular complexity index is 1420. The van der Waals surface area contributed by atoms with Gasteiger partial charge in [-0.2, -0.15) is 0 Å². The maximum absolute atomic E-state index is 12.8. The van der Waals surface area contributed by atoms with Crippen molar-refractivity contribution in [1.29, 1.82) is 0 Å². The molecule has 0 saturated carbocycles. The standard InChI is InChI=1S/C60H96O6/c1-4-7-10-13-16-19-22-25-27-29-30-31-33-35-38-41-44-47-50-53-59(62)65-56-57(55-64-58(61)52-49-46-43-40-37-34-24-21-18-15-12-9-6-3)66-60(63)54-51-48-45-42-39-36-32-28-26-23-20-17-14-11-8-5-2/h7,10,16,19,25,27-28,30-32,34-39,43-44,46-47,57H,4-6,8-9,11-15,17-18,20-24,26,29,33,40-42,45,48-56H2,1-3H3/b10-7+,19-16+,27-25+,31-30+,32-28+,37-34+,38-35+,39-36+,46-43+,47-44+. The summed E-state index contributed by atoms with van der Waals surface area (Å²) in [6.45, 7) is 6.35. The van der Waals surface area contributed by atoms with Gasteiger partial charge < -0.3 is 14.2 Å².